The van der Waals surface area contributed by atoms with Crippen LogP contribution in [0, 0.1) is 0 Å². The SMILES string of the molecule is CCC(C)(NC(=O)CCCc1c[nH]c2ccccc12)C(=O)O. The molecule has 0 aliphatic heterocycles. The number of fused-ring (bicyclic) bond motifs is 1. The average Bonchev–Trinajstić information content (AvgIpc) is 2.90. The molecular weight excluding hydrogens is 280 g/mol. The van der Waals surface area contributed by atoms with Crippen molar-refractivity contribution in [2.24, 2.45) is 0 Å². The van der Waals surface area contributed by atoms with E-state index in [0.29, 0.717) is 19.3 Å². The predicted octanol–water partition coefficient (Wildman–Crippen LogP) is 2.86. The molecule has 0 saturated carbocycles. The third-order valence-corrected chi connectivity index (χ3v) is 4.12. The number of carbonyl (C=O) groups excluding carboxylic acids is 1. The first-order valence-electron chi connectivity index (χ1n) is 7.55. The number of hydrogen-bond acceptors (Lipinski definition) is 2. The van der Waals surface area contributed by atoms with Gasteiger partial charge in [-0.15, -0.1) is 0 Å². The van der Waals surface area contributed by atoms with Crippen LogP contribution in [0.5, 0.6) is 0 Å². The second-order valence-electron chi connectivity index (χ2n) is 5.75. The lowest BCUT2D eigenvalue weighted by Crippen LogP contribution is -2.51. The monoisotopic (exact) mass is 302 g/mol. The van der Waals surface area contributed by atoms with Crippen LogP contribution in [0.3, 0.4) is 0 Å². The van der Waals surface area contributed by atoms with Crippen LogP contribution in [0.2, 0.25) is 0 Å². The number of carboxylic acid groups (broad SMARTS) is 1. The minimum Gasteiger partial charge on any atom is -0.480 e. The van der Waals surface area contributed by atoms with Gasteiger partial charge in [0, 0.05) is 23.5 Å². The van der Waals surface area contributed by atoms with Gasteiger partial charge >= 0.3 is 5.97 Å². The minimum absolute atomic E-state index is 0.216. The smallest absolute Gasteiger partial charge is 0.329 e. The highest BCUT2D eigenvalue weighted by Gasteiger charge is 2.32. The summed E-state index contributed by atoms with van der Waals surface area (Å²) >= 11 is 0. The fraction of sp³-hybridized carbons (Fsp3) is 0.412. The fourth-order valence-corrected chi connectivity index (χ4v) is 2.44. The maximum atomic E-state index is 11.9. The van der Waals surface area contributed by atoms with Crippen molar-refractivity contribution in [3.05, 3.63) is 36.0 Å². The molecule has 0 radical (unpaired) electrons. The first-order valence-corrected chi connectivity index (χ1v) is 7.55. The highest BCUT2D eigenvalue weighted by Crippen LogP contribution is 2.19. The Hall–Kier alpha value is -2.30. The fourth-order valence-electron chi connectivity index (χ4n) is 2.44. The van der Waals surface area contributed by atoms with Gasteiger partial charge in [0.1, 0.15) is 5.54 Å². The quantitative estimate of drug-likeness (QED) is 0.735. The molecule has 0 saturated heterocycles. The summed E-state index contributed by atoms with van der Waals surface area (Å²) in [5.41, 5.74) is 1.09. The van der Waals surface area contributed by atoms with Gasteiger partial charge in [-0.2, -0.15) is 0 Å². The van der Waals surface area contributed by atoms with E-state index in [1.807, 2.05) is 24.4 Å². The number of H-pyrrole nitrogens is 1. The van der Waals surface area contributed by atoms with Crippen molar-refractivity contribution < 1.29 is 14.7 Å². The van der Waals surface area contributed by atoms with Crippen LogP contribution in [0.15, 0.2) is 30.5 Å². The van der Waals surface area contributed by atoms with E-state index in [9.17, 15) is 9.59 Å². The lowest BCUT2D eigenvalue weighted by atomic mass is 9.98. The number of para-hydroxylation sites is 1. The standard InChI is InChI=1S/C17H22N2O3/c1-3-17(2,16(21)22)19-15(20)10-6-7-12-11-18-14-9-5-4-8-13(12)14/h4-5,8-9,11,18H,3,6-7,10H2,1-2H3,(H,19,20)(H,21,22). The van der Waals surface area contributed by atoms with Crippen LogP contribution < -0.4 is 5.32 Å². The van der Waals surface area contributed by atoms with Crippen molar-refractivity contribution in [2.75, 3.05) is 0 Å². The van der Waals surface area contributed by atoms with Crippen molar-refractivity contribution in [1.29, 1.82) is 0 Å². The topological polar surface area (TPSA) is 82.2 Å². The molecule has 0 fully saturated rings. The summed E-state index contributed by atoms with van der Waals surface area (Å²) in [5, 5.41) is 12.9. The summed E-state index contributed by atoms with van der Waals surface area (Å²) in [6, 6.07) is 8.05. The number of aryl methyl sites for hydroxylation is 1. The van der Waals surface area contributed by atoms with E-state index in [2.05, 4.69) is 16.4 Å². The Morgan fingerprint density at radius 1 is 1.32 bits per heavy atom. The number of carbonyl (C=O) groups is 2. The molecule has 5 heteroatoms. The Morgan fingerprint density at radius 3 is 2.73 bits per heavy atom. The second kappa shape index (κ2) is 6.64. The molecule has 5 nitrogen and oxygen atoms in total. The van der Waals surface area contributed by atoms with Crippen molar-refractivity contribution in [3.63, 3.8) is 0 Å². The maximum Gasteiger partial charge on any atom is 0.329 e. The number of aromatic amines is 1. The molecule has 1 unspecified atom stereocenters. The number of aromatic nitrogens is 1. The molecule has 2 aromatic rings. The summed E-state index contributed by atoms with van der Waals surface area (Å²) in [6.45, 7) is 3.28. The number of hydrogen-bond donors (Lipinski definition) is 3. The highest BCUT2D eigenvalue weighted by molar-refractivity contribution is 5.86. The third kappa shape index (κ3) is 3.47. The zero-order valence-electron chi connectivity index (χ0n) is 13.0. The van der Waals surface area contributed by atoms with Crippen molar-refractivity contribution in [1.82, 2.24) is 10.3 Å². The van der Waals surface area contributed by atoms with Crippen LogP contribution in [0.25, 0.3) is 10.9 Å². The molecule has 1 amide bonds. The minimum atomic E-state index is -1.18. The van der Waals surface area contributed by atoms with E-state index < -0.39 is 11.5 Å². The summed E-state index contributed by atoms with van der Waals surface area (Å²) < 4.78 is 0. The molecule has 2 rings (SSSR count). The molecule has 3 N–H and O–H groups in total. The number of carboxylic acids is 1. The van der Waals surface area contributed by atoms with Crippen molar-refractivity contribution in [2.45, 2.75) is 45.1 Å². The summed E-state index contributed by atoms with van der Waals surface area (Å²) in [5.74, 6) is -1.22. The van der Waals surface area contributed by atoms with Gasteiger partial charge in [0.15, 0.2) is 0 Å². The van der Waals surface area contributed by atoms with Gasteiger partial charge in [-0.1, -0.05) is 25.1 Å². The molecule has 22 heavy (non-hydrogen) atoms. The van der Waals surface area contributed by atoms with Gasteiger partial charge in [-0.3, -0.25) is 4.79 Å². The van der Waals surface area contributed by atoms with Gasteiger partial charge in [0.2, 0.25) is 5.91 Å². The highest BCUT2D eigenvalue weighted by atomic mass is 16.4. The van der Waals surface area contributed by atoms with Crippen LogP contribution >= 0.6 is 0 Å². The summed E-state index contributed by atoms with van der Waals surface area (Å²) in [7, 11) is 0. The molecule has 0 spiro atoms. The number of benzene rings is 1. The van der Waals surface area contributed by atoms with Gasteiger partial charge in [0.25, 0.3) is 0 Å². The number of aliphatic carboxylic acids is 1. The van der Waals surface area contributed by atoms with Crippen LogP contribution in [0.4, 0.5) is 0 Å². The molecule has 1 aromatic carbocycles. The first kappa shape index (κ1) is 16.1. The second-order valence-corrected chi connectivity index (χ2v) is 5.75. The van der Waals surface area contributed by atoms with E-state index >= 15 is 0 Å². The van der Waals surface area contributed by atoms with Gasteiger partial charge < -0.3 is 15.4 Å². The molecule has 1 atom stereocenters. The Labute approximate surface area is 129 Å². The Bertz CT molecular complexity index is 677. The van der Waals surface area contributed by atoms with E-state index in [4.69, 9.17) is 5.11 Å². The van der Waals surface area contributed by atoms with Gasteiger partial charge in [-0.05, 0) is 37.8 Å². The van der Waals surface area contributed by atoms with Crippen molar-refractivity contribution in [3.8, 4) is 0 Å². The zero-order chi connectivity index (χ0) is 16.2. The van der Waals surface area contributed by atoms with E-state index in [-0.39, 0.29) is 5.91 Å². The molecule has 1 heterocycles. The first-order chi connectivity index (χ1) is 10.5. The van der Waals surface area contributed by atoms with E-state index in [1.54, 1.807) is 6.92 Å². The van der Waals surface area contributed by atoms with Gasteiger partial charge in [-0.25, -0.2) is 4.79 Å². The van der Waals surface area contributed by atoms with Crippen LogP contribution in [-0.2, 0) is 16.0 Å². The van der Waals surface area contributed by atoms with E-state index in [0.717, 1.165) is 11.9 Å². The van der Waals surface area contributed by atoms with Crippen LogP contribution in [0.1, 0.15) is 38.7 Å². The normalized spacial score (nSPS) is 13.7. The van der Waals surface area contributed by atoms with E-state index in [1.165, 1.54) is 17.9 Å². The predicted molar refractivity (Wildman–Crippen MR) is 85.7 cm³/mol. The summed E-state index contributed by atoms with van der Waals surface area (Å²) in [4.78, 5) is 26.3. The lowest BCUT2D eigenvalue weighted by Gasteiger charge is -2.24. The lowest BCUT2D eigenvalue weighted by molar-refractivity contribution is -0.147. The van der Waals surface area contributed by atoms with Crippen LogP contribution in [-0.4, -0.2) is 27.5 Å². The molecule has 118 valence electrons. The number of amides is 1. The molecule has 0 aliphatic carbocycles. The van der Waals surface area contributed by atoms with Crippen molar-refractivity contribution >= 4 is 22.8 Å². The number of rotatable bonds is 7. The molecule has 1 aromatic heterocycles. The molecule has 0 bridgehead atoms. The third-order valence-electron chi connectivity index (χ3n) is 4.12. The zero-order valence-corrected chi connectivity index (χ0v) is 13.0. The Kier molecular flexibility index (Phi) is 4.85. The number of nitrogens with one attached hydrogen (secondary N) is 2. The Balaban J connectivity index is 1.88. The molecular formula is C17H22N2O3. The van der Waals surface area contributed by atoms with Gasteiger partial charge in [0.05, 0.1) is 0 Å². The molecule has 0 aliphatic rings. The Morgan fingerprint density at radius 2 is 2.05 bits per heavy atom. The average molecular weight is 302 g/mol. The summed E-state index contributed by atoms with van der Waals surface area (Å²) in [6.07, 6.45) is 4.12. The maximum absolute atomic E-state index is 11.9. The largest absolute Gasteiger partial charge is 0.480 e.